The van der Waals surface area contributed by atoms with Gasteiger partial charge in [-0.3, -0.25) is 10.1 Å². The van der Waals surface area contributed by atoms with Crippen LogP contribution in [0.25, 0.3) is 0 Å². The normalized spacial score (nSPS) is 26.7. The molecule has 78 valence electrons. The molecule has 1 unspecified atom stereocenters. The van der Waals surface area contributed by atoms with Gasteiger partial charge in [0.25, 0.3) is 0 Å². The summed E-state index contributed by atoms with van der Waals surface area (Å²) in [5, 5.41) is 5.77. The van der Waals surface area contributed by atoms with Gasteiger partial charge < -0.3 is 10.1 Å². The molecule has 1 amide bonds. The SMILES string of the molecule is CCCC1(OC)C=CC(=O)NC(=S)N1. The maximum atomic E-state index is 11.1. The Labute approximate surface area is 88.7 Å². The van der Waals surface area contributed by atoms with Crippen molar-refractivity contribution in [1.82, 2.24) is 10.6 Å². The first-order valence-electron chi connectivity index (χ1n) is 4.49. The topological polar surface area (TPSA) is 50.4 Å². The van der Waals surface area contributed by atoms with E-state index in [2.05, 4.69) is 10.6 Å². The summed E-state index contributed by atoms with van der Waals surface area (Å²) in [6, 6.07) is 0. The minimum absolute atomic E-state index is 0.225. The summed E-state index contributed by atoms with van der Waals surface area (Å²) < 4.78 is 5.34. The van der Waals surface area contributed by atoms with Gasteiger partial charge in [-0.15, -0.1) is 0 Å². The average molecular weight is 214 g/mol. The fourth-order valence-electron chi connectivity index (χ4n) is 1.37. The number of carbonyl (C=O) groups is 1. The van der Waals surface area contributed by atoms with Crippen LogP contribution in [0.1, 0.15) is 19.8 Å². The number of nitrogens with one attached hydrogen (secondary N) is 2. The standard InChI is InChI=1S/C9H14N2O2S/c1-3-5-9(13-2)6-4-7(12)10-8(14)11-9/h4,6H,3,5H2,1-2H3,(H2,10,11,12,14). The van der Waals surface area contributed by atoms with E-state index in [1.807, 2.05) is 6.92 Å². The summed E-state index contributed by atoms with van der Waals surface area (Å²) in [4.78, 5) is 11.1. The van der Waals surface area contributed by atoms with Crippen LogP contribution in [0.4, 0.5) is 0 Å². The van der Waals surface area contributed by atoms with E-state index in [0.717, 1.165) is 12.8 Å². The van der Waals surface area contributed by atoms with Crippen LogP contribution in [0.2, 0.25) is 0 Å². The molecule has 1 aliphatic rings. The van der Waals surface area contributed by atoms with Crippen molar-refractivity contribution in [3.63, 3.8) is 0 Å². The van der Waals surface area contributed by atoms with Gasteiger partial charge in [0.15, 0.2) is 10.8 Å². The van der Waals surface area contributed by atoms with E-state index in [9.17, 15) is 4.79 Å². The van der Waals surface area contributed by atoms with Crippen LogP contribution in [0.3, 0.4) is 0 Å². The van der Waals surface area contributed by atoms with Crippen molar-refractivity contribution in [1.29, 1.82) is 0 Å². The molecule has 1 aliphatic heterocycles. The summed E-state index contributed by atoms with van der Waals surface area (Å²) in [5.74, 6) is -0.225. The fourth-order valence-corrected chi connectivity index (χ4v) is 1.64. The van der Waals surface area contributed by atoms with E-state index in [4.69, 9.17) is 17.0 Å². The molecule has 0 saturated carbocycles. The lowest BCUT2D eigenvalue weighted by molar-refractivity contribution is -0.115. The first kappa shape index (κ1) is 11.1. The zero-order valence-electron chi connectivity index (χ0n) is 8.29. The van der Waals surface area contributed by atoms with Crippen LogP contribution in [0.5, 0.6) is 0 Å². The summed E-state index contributed by atoms with van der Waals surface area (Å²) >= 11 is 4.94. The largest absolute Gasteiger partial charge is 0.355 e. The van der Waals surface area contributed by atoms with Crippen LogP contribution < -0.4 is 10.6 Å². The number of hydrogen-bond acceptors (Lipinski definition) is 3. The molecule has 0 aliphatic carbocycles. The third-order valence-electron chi connectivity index (χ3n) is 2.05. The third-order valence-corrected chi connectivity index (χ3v) is 2.26. The Morgan fingerprint density at radius 2 is 2.36 bits per heavy atom. The lowest BCUT2D eigenvalue weighted by Gasteiger charge is -2.29. The molecule has 0 radical (unpaired) electrons. The molecule has 1 atom stereocenters. The molecule has 0 bridgehead atoms. The second kappa shape index (κ2) is 4.52. The highest BCUT2D eigenvalue weighted by Gasteiger charge is 2.29. The Balaban J connectivity index is 2.88. The molecule has 1 rings (SSSR count). The van der Waals surface area contributed by atoms with Crippen molar-refractivity contribution in [3.05, 3.63) is 12.2 Å². The highest BCUT2D eigenvalue weighted by Crippen LogP contribution is 2.17. The van der Waals surface area contributed by atoms with Crippen LogP contribution in [0.15, 0.2) is 12.2 Å². The number of hydrogen-bond donors (Lipinski definition) is 2. The quantitative estimate of drug-likeness (QED) is 0.679. The van der Waals surface area contributed by atoms with Crippen LogP contribution in [-0.2, 0) is 9.53 Å². The minimum atomic E-state index is -0.648. The molecule has 0 fully saturated rings. The van der Waals surface area contributed by atoms with Crippen LogP contribution in [-0.4, -0.2) is 23.9 Å². The van der Waals surface area contributed by atoms with Crippen molar-refractivity contribution in [2.45, 2.75) is 25.5 Å². The van der Waals surface area contributed by atoms with Crippen molar-refractivity contribution >= 4 is 23.2 Å². The van der Waals surface area contributed by atoms with E-state index >= 15 is 0 Å². The van der Waals surface area contributed by atoms with Crippen molar-refractivity contribution in [3.8, 4) is 0 Å². The smallest absolute Gasteiger partial charge is 0.249 e. The summed E-state index contributed by atoms with van der Waals surface area (Å²) in [6.07, 6.45) is 4.83. The summed E-state index contributed by atoms with van der Waals surface area (Å²) in [7, 11) is 1.59. The van der Waals surface area contributed by atoms with Gasteiger partial charge in [0.2, 0.25) is 5.91 Å². The Morgan fingerprint density at radius 3 is 2.93 bits per heavy atom. The van der Waals surface area contributed by atoms with Crippen LogP contribution in [0, 0.1) is 0 Å². The van der Waals surface area contributed by atoms with E-state index in [1.165, 1.54) is 6.08 Å². The predicted molar refractivity (Wildman–Crippen MR) is 57.7 cm³/mol. The first-order valence-corrected chi connectivity index (χ1v) is 4.90. The van der Waals surface area contributed by atoms with Gasteiger partial charge in [-0.25, -0.2) is 0 Å². The van der Waals surface area contributed by atoms with E-state index in [-0.39, 0.29) is 5.91 Å². The number of thiocarbonyl (C=S) groups is 1. The van der Waals surface area contributed by atoms with Crippen molar-refractivity contribution < 1.29 is 9.53 Å². The maximum Gasteiger partial charge on any atom is 0.249 e. The second-order valence-electron chi connectivity index (χ2n) is 3.12. The van der Waals surface area contributed by atoms with Gasteiger partial charge in [0.05, 0.1) is 0 Å². The number of methoxy groups -OCH3 is 1. The zero-order valence-corrected chi connectivity index (χ0v) is 9.11. The first-order chi connectivity index (χ1) is 6.62. The van der Waals surface area contributed by atoms with Gasteiger partial charge in [0, 0.05) is 13.2 Å². The highest BCUT2D eigenvalue weighted by molar-refractivity contribution is 7.80. The fraction of sp³-hybridized carbons (Fsp3) is 0.556. The molecule has 0 aromatic carbocycles. The number of ether oxygens (including phenoxy) is 1. The molecular weight excluding hydrogens is 200 g/mol. The second-order valence-corrected chi connectivity index (χ2v) is 3.53. The lowest BCUT2D eigenvalue weighted by atomic mass is 10.1. The number of amides is 1. The molecular formula is C9H14N2O2S. The molecule has 5 heteroatoms. The minimum Gasteiger partial charge on any atom is -0.355 e. The zero-order chi connectivity index (χ0) is 10.6. The van der Waals surface area contributed by atoms with Gasteiger partial charge in [-0.1, -0.05) is 13.3 Å². The maximum absolute atomic E-state index is 11.1. The van der Waals surface area contributed by atoms with Crippen molar-refractivity contribution in [2.75, 3.05) is 7.11 Å². The Morgan fingerprint density at radius 1 is 1.64 bits per heavy atom. The average Bonchev–Trinajstić information content (AvgIpc) is 2.27. The van der Waals surface area contributed by atoms with Gasteiger partial charge >= 0.3 is 0 Å². The van der Waals surface area contributed by atoms with E-state index in [0.29, 0.717) is 5.11 Å². The van der Waals surface area contributed by atoms with Crippen molar-refractivity contribution in [2.24, 2.45) is 0 Å². The molecule has 4 nitrogen and oxygen atoms in total. The summed E-state index contributed by atoms with van der Waals surface area (Å²) in [6.45, 7) is 2.04. The molecule has 14 heavy (non-hydrogen) atoms. The molecule has 0 spiro atoms. The molecule has 1 heterocycles. The summed E-state index contributed by atoms with van der Waals surface area (Å²) in [5.41, 5.74) is -0.648. The Hall–Kier alpha value is -0.940. The molecule has 0 aromatic heterocycles. The Kier molecular flexibility index (Phi) is 3.60. The highest BCUT2D eigenvalue weighted by atomic mass is 32.1. The van der Waals surface area contributed by atoms with Gasteiger partial charge in [-0.05, 0) is 24.7 Å². The molecule has 0 aromatic rings. The predicted octanol–water partition coefficient (Wildman–Crippen LogP) is 0.690. The monoisotopic (exact) mass is 214 g/mol. The Bertz CT molecular complexity index is 278. The third kappa shape index (κ3) is 2.52. The molecule has 0 saturated heterocycles. The molecule has 2 N–H and O–H groups in total. The van der Waals surface area contributed by atoms with Crippen LogP contribution >= 0.6 is 12.2 Å². The van der Waals surface area contributed by atoms with E-state index < -0.39 is 5.72 Å². The number of carbonyl (C=O) groups excluding carboxylic acids is 1. The number of rotatable bonds is 3. The lowest BCUT2D eigenvalue weighted by Crippen LogP contribution is -2.50. The van der Waals surface area contributed by atoms with Gasteiger partial charge in [-0.2, -0.15) is 0 Å². The van der Waals surface area contributed by atoms with E-state index in [1.54, 1.807) is 13.2 Å². The van der Waals surface area contributed by atoms with Gasteiger partial charge in [0.1, 0.15) is 0 Å².